The van der Waals surface area contributed by atoms with Gasteiger partial charge in [-0.2, -0.15) is 0 Å². The number of alkyl halides is 1. The van der Waals surface area contributed by atoms with Crippen LogP contribution in [-0.4, -0.2) is 76.6 Å². The van der Waals surface area contributed by atoms with Crippen LogP contribution >= 0.6 is 0 Å². The first-order valence-electron chi connectivity index (χ1n) is 12.6. The van der Waals surface area contributed by atoms with Crippen molar-refractivity contribution in [1.82, 2.24) is 0 Å². The summed E-state index contributed by atoms with van der Waals surface area (Å²) in [6.45, 7) is 9.83. The summed E-state index contributed by atoms with van der Waals surface area (Å²) in [5, 5.41) is 12.5. The molecule has 37 heavy (non-hydrogen) atoms. The van der Waals surface area contributed by atoms with E-state index in [0.29, 0.717) is 0 Å². The molecule has 0 spiro atoms. The van der Waals surface area contributed by atoms with Gasteiger partial charge < -0.3 is 33.2 Å². The molecule has 2 heterocycles. The first-order valence-corrected chi connectivity index (χ1v) is 14.5. The lowest BCUT2D eigenvalue weighted by Gasteiger charge is -2.56. The highest BCUT2D eigenvalue weighted by Gasteiger charge is 2.63. The van der Waals surface area contributed by atoms with E-state index in [-0.39, 0.29) is 11.6 Å². The Balaban J connectivity index is 1.73. The number of ether oxygens (including phenoxy) is 5. The SMILES string of the molecule is CO[C@@]1(C)O[C@@H]2[C@H](O)[C@@H](F)O[C@H](CO[Si](c3ccccc3)(c3ccccc3)C(C)(C)C)[C@H]2O[C@]1(C)OC. The molecule has 2 aliphatic rings. The summed E-state index contributed by atoms with van der Waals surface area (Å²) in [5.74, 6) is -2.73. The monoisotopic (exact) mass is 534 g/mol. The van der Waals surface area contributed by atoms with Crippen molar-refractivity contribution < 1.29 is 37.6 Å². The summed E-state index contributed by atoms with van der Waals surface area (Å²) in [6, 6.07) is 20.3. The number of fused-ring (bicyclic) bond motifs is 1. The number of methoxy groups -OCH3 is 2. The molecule has 7 atom stereocenters. The topological polar surface area (TPSA) is 75.6 Å². The number of aliphatic hydroxyl groups is 1. The van der Waals surface area contributed by atoms with Crippen LogP contribution in [0.2, 0.25) is 5.04 Å². The second-order valence-electron chi connectivity index (χ2n) is 11.0. The van der Waals surface area contributed by atoms with Crippen molar-refractivity contribution in [2.75, 3.05) is 20.8 Å². The van der Waals surface area contributed by atoms with E-state index in [1.807, 2.05) is 36.4 Å². The smallest absolute Gasteiger partial charge is 0.261 e. The fraction of sp³-hybridized carbons (Fsp3) is 0.571. The largest absolute Gasteiger partial charge is 0.405 e. The lowest BCUT2D eigenvalue weighted by atomic mass is 9.94. The molecule has 2 saturated heterocycles. The molecule has 7 nitrogen and oxygen atoms in total. The van der Waals surface area contributed by atoms with Gasteiger partial charge in [0, 0.05) is 14.2 Å². The minimum atomic E-state index is -2.93. The van der Waals surface area contributed by atoms with Crippen molar-refractivity contribution in [2.45, 2.75) is 82.0 Å². The van der Waals surface area contributed by atoms with Gasteiger partial charge in [-0.3, -0.25) is 0 Å². The van der Waals surface area contributed by atoms with E-state index < -0.39 is 50.7 Å². The molecule has 9 heteroatoms. The molecular weight excluding hydrogens is 495 g/mol. The Morgan fingerprint density at radius 3 is 1.76 bits per heavy atom. The predicted octanol–water partition coefficient (Wildman–Crippen LogP) is 3.13. The number of halogens is 1. The second kappa shape index (κ2) is 10.5. The highest BCUT2D eigenvalue weighted by Crippen LogP contribution is 2.44. The minimum absolute atomic E-state index is 0.0223. The van der Waals surface area contributed by atoms with E-state index >= 15 is 4.39 Å². The van der Waals surface area contributed by atoms with Crippen molar-refractivity contribution in [3.8, 4) is 0 Å². The molecule has 2 aliphatic heterocycles. The van der Waals surface area contributed by atoms with Crippen LogP contribution in [0.5, 0.6) is 0 Å². The third-order valence-electron chi connectivity index (χ3n) is 7.81. The molecule has 1 N–H and O–H groups in total. The Labute approximate surface area is 219 Å². The van der Waals surface area contributed by atoms with Gasteiger partial charge in [-0.1, -0.05) is 81.4 Å². The van der Waals surface area contributed by atoms with E-state index in [0.717, 1.165) is 10.4 Å². The van der Waals surface area contributed by atoms with Gasteiger partial charge in [0.2, 0.25) is 17.9 Å². The Hall–Kier alpha value is -1.69. The predicted molar refractivity (Wildman–Crippen MR) is 140 cm³/mol. The van der Waals surface area contributed by atoms with E-state index in [1.54, 1.807) is 13.8 Å². The molecule has 2 fully saturated rings. The summed E-state index contributed by atoms with van der Waals surface area (Å²) >= 11 is 0. The maximum absolute atomic E-state index is 15.0. The Kier molecular flexibility index (Phi) is 8.01. The fourth-order valence-corrected chi connectivity index (χ4v) is 10.0. The fourth-order valence-electron chi connectivity index (χ4n) is 5.46. The number of hydrogen-bond acceptors (Lipinski definition) is 7. The molecule has 0 saturated carbocycles. The maximum atomic E-state index is 15.0. The van der Waals surface area contributed by atoms with Crippen LogP contribution in [0.15, 0.2) is 60.7 Å². The molecular formula is C28H39FO7Si. The molecule has 2 aromatic rings. The zero-order chi connectivity index (χ0) is 27.1. The van der Waals surface area contributed by atoms with Gasteiger partial charge in [-0.05, 0) is 29.3 Å². The Morgan fingerprint density at radius 1 is 0.865 bits per heavy atom. The van der Waals surface area contributed by atoms with Gasteiger partial charge in [0.15, 0.2) is 0 Å². The highest BCUT2D eigenvalue weighted by molar-refractivity contribution is 6.99. The van der Waals surface area contributed by atoms with Gasteiger partial charge in [-0.15, -0.1) is 0 Å². The molecule has 0 unspecified atom stereocenters. The van der Waals surface area contributed by atoms with Crippen molar-refractivity contribution in [1.29, 1.82) is 0 Å². The molecule has 0 amide bonds. The average molecular weight is 535 g/mol. The van der Waals surface area contributed by atoms with E-state index in [2.05, 4.69) is 45.0 Å². The van der Waals surface area contributed by atoms with Crippen LogP contribution in [0, 0.1) is 0 Å². The Morgan fingerprint density at radius 2 is 1.32 bits per heavy atom. The van der Waals surface area contributed by atoms with Gasteiger partial charge >= 0.3 is 0 Å². The molecule has 0 radical (unpaired) electrons. The molecule has 0 aromatic heterocycles. The molecule has 0 aliphatic carbocycles. The first-order chi connectivity index (χ1) is 17.4. The number of hydrogen-bond donors (Lipinski definition) is 1. The van der Waals surface area contributed by atoms with Gasteiger partial charge in [-0.25, -0.2) is 4.39 Å². The quantitative estimate of drug-likeness (QED) is 0.547. The van der Waals surface area contributed by atoms with Crippen LogP contribution in [0.3, 0.4) is 0 Å². The summed E-state index contributed by atoms with van der Waals surface area (Å²) in [6.07, 6.45) is -6.34. The zero-order valence-corrected chi connectivity index (χ0v) is 23.6. The Bertz CT molecular complexity index is 996. The van der Waals surface area contributed by atoms with Crippen molar-refractivity contribution >= 4 is 18.7 Å². The third kappa shape index (κ3) is 4.81. The summed E-state index contributed by atoms with van der Waals surface area (Å²) < 4.78 is 51.3. The van der Waals surface area contributed by atoms with E-state index in [9.17, 15) is 5.11 Å². The van der Waals surface area contributed by atoms with Crippen LogP contribution < -0.4 is 10.4 Å². The summed E-state index contributed by atoms with van der Waals surface area (Å²) in [7, 11) is 0.00134. The first kappa shape index (κ1) is 28.3. The van der Waals surface area contributed by atoms with Crippen LogP contribution in [-0.2, 0) is 28.1 Å². The van der Waals surface area contributed by atoms with Crippen LogP contribution in [0.1, 0.15) is 34.6 Å². The van der Waals surface area contributed by atoms with Crippen LogP contribution in [0.4, 0.5) is 4.39 Å². The molecule has 4 rings (SSSR count). The van der Waals surface area contributed by atoms with Crippen LogP contribution in [0.25, 0.3) is 0 Å². The summed E-state index contributed by atoms with van der Waals surface area (Å²) in [5.41, 5.74) is 0. The maximum Gasteiger partial charge on any atom is 0.261 e. The van der Waals surface area contributed by atoms with Gasteiger partial charge in [0.1, 0.15) is 24.4 Å². The van der Waals surface area contributed by atoms with E-state index in [1.165, 1.54) is 14.2 Å². The van der Waals surface area contributed by atoms with Crippen molar-refractivity contribution in [3.05, 3.63) is 60.7 Å². The zero-order valence-electron chi connectivity index (χ0n) is 22.6. The lowest BCUT2D eigenvalue weighted by Crippen LogP contribution is -2.73. The second-order valence-corrected chi connectivity index (χ2v) is 15.3. The number of rotatable bonds is 7. The van der Waals surface area contributed by atoms with E-state index in [4.69, 9.17) is 28.1 Å². The lowest BCUT2D eigenvalue weighted by molar-refractivity contribution is -0.475. The number of aliphatic hydroxyl groups excluding tert-OH is 1. The summed E-state index contributed by atoms with van der Waals surface area (Å²) in [4.78, 5) is 0. The third-order valence-corrected chi connectivity index (χ3v) is 12.8. The van der Waals surface area contributed by atoms with Crippen molar-refractivity contribution in [3.63, 3.8) is 0 Å². The highest BCUT2D eigenvalue weighted by atomic mass is 28.4. The molecule has 0 bridgehead atoms. The standard InChI is InChI=1S/C28H39FO7Si/c1-26(2,3)37(19-14-10-8-11-15-19,20-16-12-9-13-17-20)33-18-21-23-24(22(30)25(29)34-21)36-28(5,32-7)27(4,31-6)35-23/h8-17,21-25,30H,18H2,1-7H3/t21-,22+,23-,24-,25+,27+,28+/m1/s1. The van der Waals surface area contributed by atoms with Crippen molar-refractivity contribution in [2.24, 2.45) is 0 Å². The average Bonchev–Trinajstić information content (AvgIpc) is 2.89. The van der Waals surface area contributed by atoms with Gasteiger partial charge in [0.25, 0.3) is 8.32 Å². The van der Waals surface area contributed by atoms with Gasteiger partial charge in [0.05, 0.1) is 6.61 Å². The molecule has 204 valence electrons. The molecule has 2 aromatic carbocycles. The normalized spacial score (nSPS) is 34.7. The minimum Gasteiger partial charge on any atom is -0.405 e. The number of benzene rings is 2.